The molecule has 0 aliphatic heterocycles. The van der Waals surface area contributed by atoms with Crippen LogP contribution in [0, 0.1) is 0 Å². The maximum atomic E-state index is 11.2. The summed E-state index contributed by atoms with van der Waals surface area (Å²) in [7, 11) is 1.30. The molecule has 0 aliphatic rings. The third kappa shape index (κ3) is 4.43. The van der Waals surface area contributed by atoms with Gasteiger partial charge in [0.1, 0.15) is 18.1 Å². The number of esters is 1. The van der Waals surface area contributed by atoms with Crippen molar-refractivity contribution in [2.45, 2.75) is 13.2 Å². The predicted octanol–water partition coefficient (Wildman–Crippen LogP) is 2.34. The largest absolute Gasteiger partial charge is 0.487 e. The van der Waals surface area contributed by atoms with Crippen LogP contribution >= 0.6 is 0 Å². The van der Waals surface area contributed by atoms with Gasteiger partial charge in [-0.1, -0.05) is 30.3 Å². The molecule has 0 amide bonds. The van der Waals surface area contributed by atoms with E-state index in [1.54, 1.807) is 12.1 Å². The molecule has 0 bridgehead atoms. The summed E-state index contributed by atoms with van der Waals surface area (Å²) in [6.07, 6.45) is 2.77. The Morgan fingerprint density at radius 1 is 1.23 bits per heavy atom. The third-order valence-corrected chi connectivity index (χ3v) is 2.92. The highest BCUT2D eigenvalue weighted by Crippen LogP contribution is 2.20. The smallest absolute Gasteiger partial charge is 0.330 e. The van der Waals surface area contributed by atoms with Crippen LogP contribution in [-0.2, 0) is 22.7 Å². The molecular formula is C17H17NO4. The molecule has 22 heavy (non-hydrogen) atoms. The third-order valence-electron chi connectivity index (χ3n) is 2.92. The minimum absolute atomic E-state index is 0.183. The van der Waals surface area contributed by atoms with Crippen molar-refractivity contribution in [2.75, 3.05) is 7.11 Å². The van der Waals surface area contributed by atoms with Crippen LogP contribution in [0.1, 0.15) is 17.0 Å². The van der Waals surface area contributed by atoms with Crippen LogP contribution in [-0.4, -0.2) is 23.2 Å². The number of rotatable bonds is 6. The van der Waals surface area contributed by atoms with Crippen molar-refractivity contribution in [3.63, 3.8) is 0 Å². The van der Waals surface area contributed by atoms with Gasteiger partial charge in [-0.25, -0.2) is 9.78 Å². The molecule has 2 aromatic rings. The lowest BCUT2D eigenvalue weighted by Gasteiger charge is -2.10. The second kappa shape index (κ2) is 7.95. The van der Waals surface area contributed by atoms with Crippen LogP contribution in [0.5, 0.6) is 5.75 Å². The van der Waals surface area contributed by atoms with Gasteiger partial charge in [0.25, 0.3) is 0 Å². The number of carbonyl (C=O) groups is 1. The van der Waals surface area contributed by atoms with E-state index in [0.29, 0.717) is 23.7 Å². The maximum Gasteiger partial charge on any atom is 0.330 e. The SMILES string of the molecule is COC(=O)C=Cc1nc(CO)ccc1OCc1ccccc1. The summed E-state index contributed by atoms with van der Waals surface area (Å²) in [4.78, 5) is 15.4. The first-order valence-corrected chi connectivity index (χ1v) is 6.76. The Hall–Kier alpha value is -2.66. The van der Waals surface area contributed by atoms with E-state index in [4.69, 9.17) is 9.84 Å². The lowest BCUT2D eigenvalue weighted by molar-refractivity contribution is -0.134. The van der Waals surface area contributed by atoms with Crippen LogP contribution < -0.4 is 4.74 Å². The van der Waals surface area contributed by atoms with Gasteiger partial charge in [-0.2, -0.15) is 0 Å². The average Bonchev–Trinajstić information content (AvgIpc) is 2.58. The number of aliphatic hydroxyl groups is 1. The summed E-state index contributed by atoms with van der Waals surface area (Å²) in [5, 5.41) is 9.17. The summed E-state index contributed by atoms with van der Waals surface area (Å²) >= 11 is 0. The number of methoxy groups -OCH3 is 1. The normalized spacial score (nSPS) is 10.6. The number of hydrogen-bond acceptors (Lipinski definition) is 5. The van der Waals surface area contributed by atoms with Crippen molar-refractivity contribution in [3.05, 3.63) is 65.5 Å². The zero-order chi connectivity index (χ0) is 15.8. The van der Waals surface area contributed by atoms with Gasteiger partial charge in [0, 0.05) is 6.08 Å². The molecule has 0 spiro atoms. The van der Waals surface area contributed by atoms with Crippen molar-refractivity contribution in [1.82, 2.24) is 4.98 Å². The van der Waals surface area contributed by atoms with E-state index in [1.165, 1.54) is 19.3 Å². The zero-order valence-corrected chi connectivity index (χ0v) is 12.2. The number of carbonyl (C=O) groups excluding carboxylic acids is 1. The second-order valence-corrected chi connectivity index (χ2v) is 4.47. The van der Waals surface area contributed by atoms with Crippen molar-refractivity contribution < 1.29 is 19.4 Å². The van der Waals surface area contributed by atoms with E-state index in [2.05, 4.69) is 9.72 Å². The number of aromatic nitrogens is 1. The second-order valence-electron chi connectivity index (χ2n) is 4.47. The Kier molecular flexibility index (Phi) is 5.68. The highest BCUT2D eigenvalue weighted by Gasteiger charge is 2.06. The Balaban J connectivity index is 2.18. The highest BCUT2D eigenvalue weighted by molar-refractivity contribution is 5.87. The molecule has 1 N–H and O–H groups in total. The number of ether oxygens (including phenoxy) is 2. The minimum Gasteiger partial charge on any atom is -0.487 e. The molecule has 0 fully saturated rings. The number of aliphatic hydroxyl groups excluding tert-OH is 1. The lowest BCUT2D eigenvalue weighted by Crippen LogP contribution is -2.01. The minimum atomic E-state index is -0.481. The fourth-order valence-electron chi connectivity index (χ4n) is 1.78. The number of benzene rings is 1. The van der Waals surface area contributed by atoms with Gasteiger partial charge >= 0.3 is 5.97 Å². The van der Waals surface area contributed by atoms with Gasteiger partial charge in [0.15, 0.2) is 0 Å². The van der Waals surface area contributed by atoms with Gasteiger partial charge in [-0.05, 0) is 23.8 Å². The first-order valence-electron chi connectivity index (χ1n) is 6.76. The molecule has 0 radical (unpaired) electrons. The molecule has 2 rings (SSSR count). The Labute approximate surface area is 128 Å². The summed E-state index contributed by atoms with van der Waals surface area (Å²) in [5.41, 5.74) is 1.99. The van der Waals surface area contributed by atoms with Gasteiger partial charge in [0.05, 0.1) is 19.4 Å². The molecule has 0 unspecified atom stereocenters. The van der Waals surface area contributed by atoms with Crippen molar-refractivity contribution in [2.24, 2.45) is 0 Å². The summed E-state index contributed by atoms with van der Waals surface area (Å²) in [6.45, 7) is 0.206. The Morgan fingerprint density at radius 2 is 2.00 bits per heavy atom. The molecule has 0 saturated heterocycles. The number of pyridine rings is 1. The number of hydrogen-bond donors (Lipinski definition) is 1. The summed E-state index contributed by atoms with van der Waals surface area (Å²) < 4.78 is 10.3. The Morgan fingerprint density at radius 3 is 2.68 bits per heavy atom. The van der Waals surface area contributed by atoms with Crippen LogP contribution in [0.2, 0.25) is 0 Å². The lowest BCUT2D eigenvalue weighted by atomic mass is 10.2. The molecule has 1 aromatic carbocycles. The van der Waals surface area contributed by atoms with Gasteiger partial charge in [0.2, 0.25) is 0 Å². The maximum absolute atomic E-state index is 11.2. The predicted molar refractivity (Wildman–Crippen MR) is 82.0 cm³/mol. The first-order chi connectivity index (χ1) is 10.7. The van der Waals surface area contributed by atoms with Gasteiger partial charge in [-0.15, -0.1) is 0 Å². The summed E-state index contributed by atoms with van der Waals surface area (Å²) in [5.74, 6) is 0.0476. The molecule has 5 heteroatoms. The fraction of sp³-hybridized carbons (Fsp3) is 0.176. The zero-order valence-electron chi connectivity index (χ0n) is 12.2. The van der Waals surface area contributed by atoms with E-state index in [9.17, 15) is 4.79 Å². The van der Waals surface area contributed by atoms with Crippen molar-refractivity contribution >= 4 is 12.0 Å². The molecule has 5 nitrogen and oxygen atoms in total. The van der Waals surface area contributed by atoms with Crippen LogP contribution in [0.3, 0.4) is 0 Å². The molecule has 114 valence electrons. The quantitative estimate of drug-likeness (QED) is 0.655. The molecule has 0 aliphatic carbocycles. The van der Waals surface area contributed by atoms with Gasteiger partial charge < -0.3 is 14.6 Å². The van der Waals surface area contributed by atoms with Crippen LogP contribution in [0.4, 0.5) is 0 Å². The topological polar surface area (TPSA) is 68.7 Å². The van der Waals surface area contributed by atoms with E-state index in [1.807, 2.05) is 30.3 Å². The molecular weight excluding hydrogens is 282 g/mol. The first kappa shape index (κ1) is 15.7. The molecule has 1 heterocycles. The van der Waals surface area contributed by atoms with E-state index in [0.717, 1.165) is 5.56 Å². The highest BCUT2D eigenvalue weighted by atomic mass is 16.5. The standard InChI is InChI=1S/C17H17NO4/c1-21-17(20)10-8-15-16(9-7-14(11-19)18-15)22-12-13-5-3-2-4-6-13/h2-10,19H,11-12H2,1H3. The van der Waals surface area contributed by atoms with Crippen molar-refractivity contribution in [1.29, 1.82) is 0 Å². The van der Waals surface area contributed by atoms with Gasteiger partial charge in [-0.3, -0.25) is 0 Å². The molecule has 0 atom stereocenters. The van der Waals surface area contributed by atoms with E-state index >= 15 is 0 Å². The molecule has 0 saturated carbocycles. The fourth-order valence-corrected chi connectivity index (χ4v) is 1.78. The number of nitrogens with zero attached hydrogens (tertiary/aromatic N) is 1. The van der Waals surface area contributed by atoms with Crippen LogP contribution in [0.25, 0.3) is 6.08 Å². The van der Waals surface area contributed by atoms with E-state index in [-0.39, 0.29) is 6.61 Å². The average molecular weight is 299 g/mol. The van der Waals surface area contributed by atoms with Crippen molar-refractivity contribution in [3.8, 4) is 5.75 Å². The molecule has 1 aromatic heterocycles. The monoisotopic (exact) mass is 299 g/mol. The van der Waals surface area contributed by atoms with E-state index < -0.39 is 5.97 Å². The van der Waals surface area contributed by atoms with Crippen LogP contribution in [0.15, 0.2) is 48.5 Å². The Bertz CT molecular complexity index is 653. The summed E-state index contributed by atoms with van der Waals surface area (Å²) in [6, 6.07) is 13.1.